The molecule has 28 heavy (non-hydrogen) atoms. The molecule has 0 aliphatic heterocycles. The van der Waals surface area contributed by atoms with Gasteiger partial charge in [-0.25, -0.2) is 9.38 Å². The Labute approximate surface area is 162 Å². The number of rotatable bonds is 6. The highest BCUT2D eigenvalue weighted by Crippen LogP contribution is 2.34. The first-order chi connectivity index (χ1) is 13.8. The van der Waals surface area contributed by atoms with Crippen LogP contribution in [0, 0.1) is 5.92 Å². The van der Waals surface area contributed by atoms with Crippen LogP contribution >= 0.6 is 0 Å². The van der Waals surface area contributed by atoms with Gasteiger partial charge in [0.15, 0.2) is 23.0 Å². The van der Waals surface area contributed by atoms with Crippen molar-refractivity contribution in [3.8, 4) is 22.9 Å². The van der Waals surface area contributed by atoms with Gasteiger partial charge in [0.25, 0.3) is 0 Å². The molecule has 1 aliphatic rings. The van der Waals surface area contributed by atoms with E-state index in [9.17, 15) is 0 Å². The average Bonchev–Trinajstić information content (AvgIpc) is 3.47. The summed E-state index contributed by atoms with van der Waals surface area (Å²) in [7, 11) is 3.25. The molecule has 0 amide bonds. The largest absolute Gasteiger partial charge is 0.493 e. The maximum atomic E-state index is 5.46. The summed E-state index contributed by atoms with van der Waals surface area (Å²) in [6, 6.07) is 13.7. The van der Waals surface area contributed by atoms with E-state index in [-0.39, 0.29) is 0 Å². The number of benzene rings is 2. The van der Waals surface area contributed by atoms with Crippen molar-refractivity contribution in [1.29, 1.82) is 0 Å². The van der Waals surface area contributed by atoms with E-state index in [1.165, 1.54) is 12.8 Å². The number of aromatic nitrogens is 4. The topological polar surface area (TPSA) is 73.6 Å². The van der Waals surface area contributed by atoms with E-state index in [0.29, 0.717) is 17.3 Å². The van der Waals surface area contributed by atoms with Gasteiger partial charge in [0.05, 0.1) is 19.7 Å². The van der Waals surface area contributed by atoms with Gasteiger partial charge in [0, 0.05) is 17.5 Å². The smallest absolute Gasteiger partial charge is 0.211 e. The van der Waals surface area contributed by atoms with Gasteiger partial charge in [-0.15, -0.1) is 10.2 Å². The van der Waals surface area contributed by atoms with Crippen LogP contribution < -0.4 is 14.8 Å². The minimum Gasteiger partial charge on any atom is -0.493 e. The van der Waals surface area contributed by atoms with E-state index >= 15 is 0 Å². The second kappa shape index (κ2) is 6.67. The van der Waals surface area contributed by atoms with Crippen LogP contribution in [0.4, 0.5) is 5.95 Å². The lowest BCUT2D eigenvalue weighted by Gasteiger charge is -2.12. The third-order valence-corrected chi connectivity index (χ3v) is 5.13. The molecule has 0 spiro atoms. The molecule has 0 atom stereocenters. The molecule has 5 rings (SSSR count). The Morgan fingerprint density at radius 3 is 2.64 bits per heavy atom. The zero-order valence-corrected chi connectivity index (χ0v) is 15.8. The molecule has 1 aliphatic carbocycles. The zero-order valence-electron chi connectivity index (χ0n) is 15.8. The molecule has 4 aromatic rings. The number of methoxy groups -OCH3 is 2. The fourth-order valence-electron chi connectivity index (χ4n) is 3.42. The van der Waals surface area contributed by atoms with Gasteiger partial charge < -0.3 is 14.8 Å². The molecule has 2 aromatic heterocycles. The average molecular weight is 375 g/mol. The Hall–Kier alpha value is -3.35. The highest BCUT2D eigenvalue weighted by Gasteiger charge is 2.23. The number of hydrogen-bond acceptors (Lipinski definition) is 6. The SMILES string of the molecule is COc1ccc(-c2nnc3c4ccccc4nc(NCC4CC4)n23)cc1OC. The van der Waals surface area contributed by atoms with Crippen LogP contribution in [-0.4, -0.2) is 40.3 Å². The number of hydrogen-bond donors (Lipinski definition) is 1. The monoisotopic (exact) mass is 375 g/mol. The predicted octanol–water partition coefficient (Wildman–Crippen LogP) is 3.78. The summed E-state index contributed by atoms with van der Waals surface area (Å²) >= 11 is 0. The summed E-state index contributed by atoms with van der Waals surface area (Å²) in [5, 5.41) is 13.4. The van der Waals surface area contributed by atoms with Crippen LogP contribution in [0.15, 0.2) is 42.5 Å². The molecule has 0 unspecified atom stereocenters. The van der Waals surface area contributed by atoms with Gasteiger partial charge in [-0.05, 0) is 49.1 Å². The first-order valence-corrected chi connectivity index (χ1v) is 9.38. The second-order valence-corrected chi connectivity index (χ2v) is 7.03. The molecule has 7 nitrogen and oxygen atoms in total. The molecule has 1 saturated carbocycles. The van der Waals surface area contributed by atoms with Crippen molar-refractivity contribution in [1.82, 2.24) is 19.6 Å². The first kappa shape index (κ1) is 16.8. The fourth-order valence-corrected chi connectivity index (χ4v) is 3.42. The third-order valence-electron chi connectivity index (χ3n) is 5.13. The van der Waals surface area contributed by atoms with Gasteiger partial charge in [-0.2, -0.15) is 0 Å². The molecule has 0 saturated heterocycles. The Morgan fingerprint density at radius 2 is 1.86 bits per heavy atom. The van der Waals surface area contributed by atoms with E-state index in [1.807, 2.05) is 46.9 Å². The molecule has 1 fully saturated rings. The van der Waals surface area contributed by atoms with Crippen LogP contribution in [0.3, 0.4) is 0 Å². The quantitative estimate of drug-likeness (QED) is 0.553. The molecular formula is C21H21N5O2. The normalized spacial score (nSPS) is 13.8. The van der Waals surface area contributed by atoms with E-state index < -0.39 is 0 Å². The maximum absolute atomic E-state index is 5.46. The summed E-state index contributed by atoms with van der Waals surface area (Å²) in [4.78, 5) is 4.85. The Balaban J connectivity index is 1.71. The van der Waals surface area contributed by atoms with Crippen molar-refractivity contribution >= 4 is 22.5 Å². The van der Waals surface area contributed by atoms with Gasteiger partial charge in [-0.3, -0.25) is 0 Å². The van der Waals surface area contributed by atoms with Crippen molar-refractivity contribution in [2.24, 2.45) is 5.92 Å². The standard InChI is InChI=1S/C21H21N5O2/c1-27-17-10-9-14(11-18(17)28-2)19-24-25-20-15-5-3-4-6-16(15)23-21(26(19)20)22-12-13-7-8-13/h3-6,9-11,13H,7-8,12H2,1-2H3,(H,22,23). The van der Waals surface area contributed by atoms with E-state index in [0.717, 1.165) is 40.5 Å². The molecule has 1 N–H and O–H groups in total. The predicted molar refractivity (Wildman–Crippen MR) is 108 cm³/mol. The maximum Gasteiger partial charge on any atom is 0.211 e. The summed E-state index contributed by atoms with van der Waals surface area (Å²) in [5.41, 5.74) is 2.57. The summed E-state index contributed by atoms with van der Waals surface area (Å²) < 4.78 is 12.8. The van der Waals surface area contributed by atoms with Gasteiger partial charge in [0.1, 0.15) is 0 Å². The molecule has 7 heteroatoms. The lowest BCUT2D eigenvalue weighted by molar-refractivity contribution is 0.355. The number of nitrogens with one attached hydrogen (secondary N) is 1. The molecular weight excluding hydrogens is 354 g/mol. The van der Waals surface area contributed by atoms with Crippen LogP contribution in [0.1, 0.15) is 12.8 Å². The Morgan fingerprint density at radius 1 is 1.04 bits per heavy atom. The van der Waals surface area contributed by atoms with Crippen LogP contribution in [0.2, 0.25) is 0 Å². The minimum absolute atomic E-state index is 0.651. The van der Waals surface area contributed by atoms with Crippen LogP contribution in [-0.2, 0) is 0 Å². The minimum atomic E-state index is 0.651. The number of ether oxygens (including phenoxy) is 2. The Kier molecular flexibility index (Phi) is 4.00. The number of para-hydroxylation sites is 1. The summed E-state index contributed by atoms with van der Waals surface area (Å²) in [6.07, 6.45) is 2.54. The van der Waals surface area contributed by atoms with Crippen molar-refractivity contribution in [3.05, 3.63) is 42.5 Å². The molecule has 0 radical (unpaired) electrons. The second-order valence-electron chi connectivity index (χ2n) is 7.03. The van der Waals surface area contributed by atoms with Gasteiger partial charge >= 0.3 is 0 Å². The summed E-state index contributed by atoms with van der Waals surface area (Å²) in [5.74, 6) is 3.53. The van der Waals surface area contributed by atoms with Gasteiger partial charge in [0.2, 0.25) is 5.95 Å². The highest BCUT2D eigenvalue weighted by molar-refractivity contribution is 5.93. The van der Waals surface area contributed by atoms with Crippen LogP contribution in [0.25, 0.3) is 27.9 Å². The van der Waals surface area contributed by atoms with Crippen molar-refractivity contribution in [2.45, 2.75) is 12.8 Å². The number of anilines is 1. The lowest BCUT2D eigenvalue weighted by atomic mass is 10.2. The van der Waals surface area contributed by atoms with E-state index in [2.05, 4.69) is 15.5 Å². The van der Waals surface area contributed by atoms with E-state index in [1.54, 1.807) is 14.2 Å². The lowest BCUT2D eigenvalue weighted by Crippen LogP contribution is -2.10. The Bertz CT molecular complexity index is 1170. The van der Waals surface area contributed by atoms with Crippen molar-refractivity contribution in [2.75, 3.05) is 26.1 Å². The molecule has 0 bridgehead atoms. The highest BCUT2D eigenvalue weighted by atomic mass is 16.5. The molecule has 142 valence electrons. The fraction of sp³-hybridized carbons (Fsp3) is 0.286. The summed E-state index contributed by atoms with van der Waals surface area (Å²) in [6.45, 7) is 0.907. The molecule has 2 heterocycles. The molecule has 2 aromatic carbocycles. The van der Waals surface area contributed by atoms with Crippen LogP contribution in [0.5, 0.6) is 11.5 Å². The van der Waals surface area contributed by atoms with Crippen molar-refractivity contribution in [3.63, 3.8) is 0 Å². The third kappa shape index (κ3) is 2.79. The van der Waals surface area contributed by atoms with Gasteiger partial charge in [-0.1, -0.05) is 12.1 Å². The number of fused-ring (bicyclic) bond motifs is 3. The first-order valence-electron chi connectivity index (χ1n) is 9.38. The van der Waals surface area contributed by atoms with E-state index in [4.69, 9.17) is 14.5 Å². The van der Waals surface area contributed by atoms with Crippen molar-refractivity contribution < 1.29 is 9.47 Å². The number of nitrogens with zero attached hydrogens (tertiary/aromatic N) is 4. The zero-order chi connectivity index (χ0) is 19.1.